The number of amides is 1. The third-order valence-corrected chi connectivity index (χ3v) is 6.66. The van der Waals surface area contributed by atoms with E-state index in [-0.39, 0.29) is 29.2 Å². The normalized spacial score (nSPS) is 15.3. The van der Waals surface area contributed by atoms with E-state index in [1.165, 1.54) is 33.4 Å². The molecule has 1 amide bonds. The number of benzene rings is 2. The summed E-state index contributed by atoms with van der Waals surface area (Å²) >= 11 is 0. The highest BCUT2D eigenvalue weighted by molar-refractivity contribution is 6.02. The van der Waals surface area contributed by atoms with Crippen LogP contribution in [0.2, 0.25) is 0 Å². The number of likely N-dealkylation sites (N-methyl/N-ethyl adjacent to an activating group) is 1. The number of methoxy groups -OCH3 is 1. The first-order valence-electron chi connectivity index (χ1n) is 13.5. The van der Waals surface area contributed by atoms with Crippen LogP contribution in [0, 0.1) is 11.6 Å². The van der Waals surface area contributed by atoms with Gasteiger partial charge in [-0.25, -0.2) is 18.7 Å². The zero-order valence-electron chi connectivity index (χ0n) is 24.7. The number of anilines is 6. The number of nitrogens with zero attached hydrogens (tertiary/aromatic N) is 5. The molecule has 0 spiro atoms. The standard InChI is InChI=1S/C29H36F2N8O4/c1-7-26(40)34-22-12-23(25(42-6)13-24(22)39-8-9-43-15-17(39)14-38(4)5)36-28-33-16-32-27(37-28)35-21-11-20(31)19(30)10-18(21)29(2,3)41/h7,10-13,16-17,41H,1,8-9,14-15H2,2-6H3,(H,34,40)(H2,32,33,35,36,37). The second-order valence-electron chi connectivity index (χ2n) is 10.7. The Bertz CT molecular complexity index is 1480. The van der Waals surface area contributed by atoms with E-state index in [1.807, 2.05) is 20.2 Å². The van der Waals surface area contributed by atoms with Gasteiger partial charge in [0.15, 0.2) is 11.6 Å². The number of aliphatic hydroxyl groups is 1. The maximum Gasteiger partial charge on any atom is 0.247 e. The molecule has 1 saturated heterocycles. The molecule has 1 aromatic heterocycles. The molecule has 0 bridgehead atoms. The van der Waals surface area contributed by atoms with Crippen molar-refractivity contribution in [2.24, 2.45) is 0 Å². The molecule has 3 aromatic rings. The number of rotatable bonds is 11. The van der Waals surface area contributed by atoms with Gasteiger partial charge in [0.25, 0.3) is 0 Å². The van der Waals surface area contributed by atoms with Gasteiger partial charge < -0.3 is 40.3 Å². The molecule has 12 nitrogen and oxygen atoms in total. The molecule has 14 heteroatoms. The van der Waals surface area contributed by atoms with Gasteiger partial charge in [-0.15, -0.1) is 0 Å². The number of carbonyl (C=O) groups is 1. The molecule has 1 atom stereocenters. The Morgan fingerprint density at radius 1 is 1.16 bits per heavy atom. The molecule has 1 fully saturated rings. The number of halogens is 2. The van der Waals surface area contributed by atoms with Crippen LogP contribution in [0.5, 0.6) is 5.75 Å². The average molecular weight is 599 g/mol. The van der Waals surface area contributed by atoms with E-state index < -0.39 is 23.1 Å². The summed E-state index contributed by atoms with van der Waals surface area (Å²) in [5, 5.41) is 19.3. The van der Waals surface area contributed by atoms with E-state index >= 15 is 0 Å². The van der Waals surface area contributed by atoms with Crippen molar-refractivity contribution in [3.05, 3.63) is 60.4 Å². The van der Waals surface area contributed by atoms with Gasteiger partial charge in [-0.2, -0.15) is 4.98 Å². The van der Waals surface area contributed by atoms with Gasteiger partial charge in [-0.3, -0.25) is 4.79 Å². The smallest absolute Gasteiger partial charge is 0.247 e. The topological polar surface area (TPSA) is 137 Å². The van der Waals surface area contributed by atoms with Crippen LogP contribution in [0.25, 0.3) is 0 Å². The van der Waals surface area contributed by atoms with Crippen molar-refractivity contribution >= 4 is 40.6 Å². The summed E-state index contributed by atoms with van der Waals surface area (Å²) in [4.78, 5) is 29.2. The Kier molecular flexibility index (Phi) is 9.73. The third kappa shape index (κ3) is 7.71. The van der Waals surface area contributed by atoms with Gasteiger partial charge in [0, 0.05) is 30.8 Å². The van der Waals surface area contributed by atoms with Crippen LogP contribution in [0.4, 0.5) is 43.4 Å². The van der Waals surface area contributed by atoms with Gasteiger partial charge >= 0.3 is 0 Å². The molecule has 0 saturated carbocycles. The summed E-state index contributed by atoms with van der Waals surface area (Å²) < 4.78 is 39.5. The predicted octanol–water partition coefficient (Wildman–Crippen LogP) is 3.76. The average Bonchev–Trinajstić information content (AvgIpc) is 2.94. The summed E-state index contributed by atoms with van der Waals surface area (Å²) in [6, 6.07) is 5.38. The second kappa shape index (κ2) is 13.3. The highest BCUT2D eigenvalue weighted by Crippen LogP contribution is 2.40. The molecular formula is C29H36F2N8O4. The minimum absolute atomic E-state index is 0.00428. The van der Waals surface area contributed by atoms with E-state index in [4.69, 9.17) is 9.47 Å². The first kappa shape index (κ1) is 31.5. The monoisotopic (exact) mass is 598 g/mol. The summed E-state index contributed by atoms with van der Waals surface area (Å²) in [6.07, 6.45) is 2.41. The number of aromatic nitrogens is 3. The van der Waals surface area contributed by atoms with Gasteiger partial charge in [0.1, 0.15) is 12.1 Å². The summed E-state index contributed by atoms with van der Waals surface area (Å²) in [5.74, 6) is -2.05. The van der Waals surface area contributed by atoms with Crippen molar-refractivity contribution in [1.82, 2.24) is 19.9 Å². The fourth-order valence-corrected chi connectivity index (χ4v) is 4.72. The molecule has 4 rings (SSSR count). The molecule has 1 aliphatic heterocycles. The lowest BCUT2D eigenvalue weighted by atomic mass is 9.96. The fraction of sp³-hybridized carbons (Fsp3) is 0.379. The lowest BCUT2D eigenvalue weighted by Crippen LogP contribution is -2.50. The SMILES string of the molecule is C=CC(=O)Nc1cc(Nc2ncnc(Nc3cc(F)c(F)cc3C(C)(C)O)n2)c(OC)cc1N1CCOCC1CN(C)C. The molecule has 4 N–H and O–H groups in total. The van der Waals surface area contributed by atoms with E-state index in [1.54, 1.807) is 6.07 Å². The molecule has 0 radical (unpaired) electrons. The van der Waals surface area contributed by atoms with Crippen LogP contribution in [-0.4, -0.2) is 84.4 Å². The Morgan fingerprint density at radius 2 is 1.84 bits per heavy atom. The van der Waals surface area contributed by atoms with Crippen LogP contribution in [0.3, 0.4) is 0 Å². The minimum Gasteiger partial charge on any atom is -0.494 e. The number of morpholine rings is 1. The Labute approximate surface area is 248 Å². The lowest BCUT2D eigenvalue weighted by molar-refractivity contribution is -0.111. The zero-order chi connectivity index (χ0) is 31.3. The van der Waals surface area contributed by atoms with Crippen molar-refractivity contribution in [2.45, 2.75) is 25.5 Å². The van der Waals surface area contributed by atoms with Crippen molar-refractivity contribution in [1.29, 1.82) is 0 Å². The maximum atomic E-state index is 14.1. The van der Waals surface area contributed by atoms with Gasteiger partial charge in [0.2, 0.25) is 17.8 Å². The number of nitrogens with one attached hydrogen (secondary N) is 3. The van der Waals surface area contributed by atoms with E-state index in [0.29, 0.717) is 36.9 Å². The Morgan fingerprint density at radius 3 is 2.47 bits per heavy atom. The number of hydrogen-bond donors (Lipinski definition) is 4. The highest BCUT2D eigenvalue weighted by atomic mass is 19.2. The van der Waals surface area contributed by atoms with Crippen LogP contribution >= 0.6 is 0 Å². The van der Waals surface area contributed by atoms with Crippen LogP contribution in [-0.2, 0) is 15.1 Å². The summed E-state index contributed by atoms with van der Waals surface area (Å²) in [5.41, 5.74) is 0.379. The third-order valence-electron chi connectivity index (χ3n) is 6.66. The quantitative estimate of drug-likeness (QED) is 0.240. The lowest BCUT2D eigenvalue weighted by Gasteiger charge is -2.39. The van der Waals surface area contributed by atoms with Crippen molar-refractivity contribution in [2.75, 3.05) is 68.4 Å². The van der Waals surface area contributed by atoms with E-state index in [2.05, 4.69) is 47.3 Å². The predicted molar refractivity (Wildman–Crippen MR) is 160 cm³/mol. The maximum absolute atomic E-state index is 14.1. The van der Waals surface area contributed by atoms with E-state index in [0.717, 1.165) is 24.4 Å². The number of hydrogen-bond acceptors (Lipinski definition) is 11. The Balaban J connectivity index is 1.69. The van der Waals surface area contributed by atoms with Gasteiger partial charge in [-0.1, -0.05) is 6.58 Å². The summed E-state index contributed by atoms with van der Waals surface area (Å²) in [6.45, 7) is 8.83. The highest BCUT2D eigenvalue weighted by Gasteiger charge is 2.28. The van der Waals surface area contributed by atoms with Crippen molar-refractivity contribution in [3.63, 3.8) is 0 Å². The second-order valence-corrected chi connectivity index (χ2v) is 10.7. The first-order chi connectivity index (χ1) is 20.4. The van der Waals surface area contributed by atoms with Crippen LogP contribution < -0.4 is 25.6 Å². The molecule has 0 aliphatic carbocycles. The summed E-state index contributed by atoms with van der Waals surface area (Å²) in [7, 11) is 5.48. The fourth-order valence-electron chi connectivity index (χ4n) is 4.72. The largest absolute Gasteiger partial charge is 0.494 e. The van der Waals surface area contributed by atoms with Crippen molar-refractivity contribution in [3.8, 4) is 5.75 Å². The molecule has 2 heterocycles. The van der Waals surface area contributed by atoms with Gasteiger partial charge in [-0.05, 0) is 46.2 Å². The number of carbonyl (C=O) groups excluding carboxylic acids is 1. The van der Waals surface area contributed by atoms with E-state index in [9.17, 15) is 18.7 Å². The molecule has 1 unspecified atom stereocenters. The number of ether oxygens (including phenoxy) is 2. The Hall–Kier alpha value is -4.40. The van der Waals surface area contributed by atoms with Crippen molar-refractivity contribution < 1.29 is 28.2 Å². The zero-order valence-corrected chi connectivity index (χ0v) is 24.7. The molecule has 43 heavy (non-hydrogen) atoms. The first-order valence-corrected chi connectivity index (χ1v) is 13.5. The molecule has 230 valence electrons. The molecular weight excluding hydrogens is 562 g/mol. The molecule has 1 aliphatic rings. The minimum atomic E-state index is -1.49. The molecule has 2 aromatic carbocycles. The van der Waals surface area contributed by atoms with Gasteiger partial charge in [0.05, 0.1) is 54.7 Å². The van der Waals surface area contributed by atoms with Crippen LogP contribution in [0.15, 0.2) is 43.2 Å². The van der Waals surface area contributed by atoms with Crippen LogP contribution in [0.1, 0.15) is 19.4 Å².